The van der Waals surface area contributed by atoms with Crippen LogP contribution in [0.1, 0.15) is 23.3 Å². The van der Waals surface area contributed by atoms with Gasteiger partial charge in [-0.05, 0) is 24.3 Å². The number of aliphatic hydroxyl groups excluding tert-OH is 2. The number of piperazine rings is 1. The first-order chi connectivity index (χ1) is 21.0. The van der Waals surface area contributed by atoms with Crippen LogP contribution >= 0.6 is 0 Å². The Hall–Kier alpha value is -4.38. The van der Waals surface area contributed by atoms with E-state index in [0.29, 0.717) is 26.2 Å². The normalized spacial score (nSPS) is 16.7. The number of ether oxygens (including phenoxy) is 4. The van der Waals surface area contributed by atoms with Crippen molar-refractivity contribution >= 4 is 23.3 Å². The fourth-order valence-corrected chi connectivity index (χ4v) is 5.33. The number of para-hydroxylation sites is 2. The highest BCUT2D eigenvalue weighted by Gasteiger charge is 2.39. The van der Waals surface area contributed by atoms with Gasteiger partial charge < -0.3 is 29.2 Å². The third kappa shape index (κ3) is 7.57. The Kier molecular flexibility index (Phi) is 11.9. The van der Waals surface area contributed by atoms with E-state index in [-0.39, 0.29) is 35.7 Å². The summed E-state index contributed by atoms with van der Waals surface area (Å²) in [6.07, 6.45) is -3.15. The van der Waals surface area contributed by atoms with Gasteiger partial charge in [-0.3, -0.25) is 39.6 Å². The van der Waals surface area contributed by atoms with Crippen LogP contribution in [0.2, 0.25) is 0 Å². The minimum absolute atomic E-state index is 0.00903. The fraction of sp³-hybridized carbons (Fsp3) is 0.500. The third-order valence-corrected chi connectivity index (χ3v) is 7.65. The maximum absolute atomic E-state index is 12.7. The van der Waals surface area contributed by atoms with Crippen molar-refractivity contribution in [3.8, 4) is 11.5 Å². The standard InChI is InChI=1S/C28H36N4O12/c1-41-21-9-5-7-17(23(21)31(37)38)25(33)19(27(35)43-3)15-29-11-13-30(14-12-29)16-20(28(36)44-4)26(34)18-8-6-10-22(42-2)24(18)32(39)40/h5-10,19-20,25-26,33-34H,11-16H2,1-4H3. The second-order valence-electron chi connectivity index (χ2n) is 10.1. The molecule has 1 heterocycles. The number of nitrogens with zero attached hydrogens (tertiary/aromatic N) is 4. The predicted octanol–water partition coefficient (Wildman–Crippen LogP) is 1.48. The lowest BCUT2D eigenvalue weighted by molar-refractivity contribution is -0.387. The van der Waals surface area contributed by atoms with Gasteiger partial charge in [0, 0.05) is 39.3 Å². The molecule has 0 saturated carbocycles. The lowest BCUT2D eigenvalue weighted by Crippen LogP contribution is -2.51. The predicted molar refractivity (Wildman–Crippen MR) is 153 cm³/mol. The molecule has 0 radical (unpaired) electrons. The number of rotatable bonds is 14. The van der Waals surface area contributed by atoms with Crippen LogP contribution in [-0.2, 0) is 19.1 Å². The molecule has 240 valence electrons. The zero-order valence-electron chi connectivity index (χ0n) is 24.8. The monoisotopic (exact) mass is 620 g/mol. The van der Waals surface area contributed by atoms with Crippen molar-refractivity contribution in [1.29, 1.82) is 0 Å². The lowest BCUT2D eigenvalue weighted by Gasteiger charge is -2.38. The van der Waals surface area contributed by atoms with Crippen LogP contribution in [-0.4, -0.2) is 110 Å². The van der Waals surface area contributed by atoms with Crippen LogP contribution in [0.15, 0.2) is 36.4 Å². The van der Waals surface area contributed by atoms with Crippen LogP contribution in [0.4, 0.5) is 11.4 Å². The van der Waals surface area contributed by atoms with E-state index >= 15 is 0 Å². The van der Waals surface area contributed by atoms with E-state index in [9.17, 15) is 40.0 Å². The first kappa shape index (κ1) is 34.1. The van der Waals surface area contributed by atoms with Crippen molar-refractivity contribution in [1.82, 2.24) is 9.80 Å². The molecule has 2 N–H and O–H groups in total. The van der Waals surface area contributed by atoms with E-state index in [0.717, 1.165) is 14.2 Å². The maximum atomic E-state index is 12.7. The van der Waals surface area contributed by atoms with Crippen molar-refractivity contribution in [2.75, 3.05) is 67.7 Å². The fourth-order valence-electron chi connectivity index (χ4n) is 5.33. The first-order valence-electron chi connectivity index (χ1n) is 13.6. The number of nitro benzene ring substituents is 2. The summed E-state index contributed by atoms with van der Waals surface area (Å²) in [5.41, 5.74) is -1.09. The second kappa shape index (κ2) is 15.4. The summed E-state index contributed by atoms with van der Waals surface area (Å²) in [5, 5.41) is 45.8. The van der Waals surface area contributed by atoms with Gasteiger partial charge in [0.25, 0.3) is 0 Å². The highest BCUT2D eigenvalue weighted by Crippen LogP contribution is 2.39. The van der Waals surface area contributed by atoms with Gasteiger partial charge in [0.2, 0.25) is 0 Å². The molecular weight excluding hydrogens is 584 g/mol. The Bertz CT molecular complexity index is 1250. The number of esters is 2. The van der Waals surface area contributed by atoms with Crippen molar-refractivity contribution in [2.24, 2.45) is 11.8 Å². The Labute approximate surface area is 253 Å². The molecule has 1 aliphatic rings. The van der Waals surface area contributed by atoms with Crippen molar-refractivity contribution in [3.63, 3.8) is 0 Å². The van der Waals surface area contributed by atoms with Gasteiger partial charge in [-0.25, -0.2) is 0 Å². The van der Waals surface area contributed by atoms with E-state index in [1.54, 1.807) is 0 Å². The van der Waals surface area contributed by atoms with E-state index in [2.05, 4.69) is 0 Å². The Morgan fingerprint density at radius 1 is 0.727 bits per heavy atom. The molecule has 0 aliphatic carbocycles. The molecule has 0 bridgehead atoms. The van der Waals surface area contributed by atoms with Gasteiger partial charge in [0.15, 0.2) is 11.5 Å². The smallest absolute Gasteiger partial charge is 0.316 e. The number of carbonyl (C=O) groups is 2. The summed E-state index contributed by atoms with van der Waals surface area (Å²) in [4.78, 5) is 51.4. The molecule has 3 rings (SSSR count). The highest BCUT2D eigenvalue weighted by molar-refractivity contribution is 5.75. The van der Waals surface area contributed by atoms with Gasteiger partial charge in [-0.15, -0.1) is 0 Å². The molecule has 1 saturated heterocycles. The number of aliphatic hydroxyl groups is 2. The molecule has 44 heavy (non-hydrogen) atoms. The number of hydrogen-bond acceptors (Lipinski definition) is 14. The van der Waals surface area contributed by atoms with E-state index in [1.807, 2.05) is 9.80 Å². The van der Waals surface area contributed by atoms with Crippen molar-refractivity contribution in [2.45, 2.75) is 12.2 Å². The molecule has 0 aromatic heterocycles. The van der Waals surface area contributed by atoms with E-state index in [1.165, 1.54) is 50.6 Å². The Morgan fingerprint density at radius 3 is 1.34 bits per heavy atom. The Balaban J connectivity index is 1.76. The van der Waals surface area contributed by atoms with E-state index < -0.39 is 57.2 Å². The molecule has 0 spiro atoms. The average molecular weight is 621 g/mol. The van der Waals surface area contributed by atoms with Crippen LogP contribution in [0.5, 0.6) is 11.5 Å². The summed E-state index contributed by atoms with van der Waals surface area (Å²) in [7, 11) is 4.84. The first-order valence-corrected chi connectivity index (χ1v) is 13.6. The van der Waals surface area contributed by atoms with Gasteiger partial charge in [0.05, 0.1) is 61.2 Å². The van der Waals surface area contributed by atoms with Crippen LogP contribution < -0.4 is 9.47 Å². The molecule has 2 aromatic rings. The molecule has 1 fully saturated rings. The highest BCUT2D eigenvalue weighted by atomic mass is 16.6. The van der Waals surface area contributed by atoms with Crippen LogP contribution in [0, 0.1) is 32.1 Å². The summed E-state index contributed by atoms with van der Waals surface area (Å²) in [5.74, 6) is -3.99. The molecule has 2 aromatic carbocycles. The van der Waals surface area contributed by atoms with Gasteiger partial charge >= 0.3 is 23.3 Å². The molecule has 4 unspecified atom stereocenters. The Morgan fingerprint density at radius 2 is 1.07 bits per heavy atom. The lowest BCUT2D eigenvalue weighted by atomic mass is 9.92. The molecule has 4 atom stereocenters. The van der Waals surface area contributed by atoms with Crippen LogP contribution in [0.3, 0.4) is 0 Å². The molecule has 16 nitrogen and oxygen atoms in total. The largest absolute Gasteiger partial charge is 0.490 e. The number of carbonyl (C=O) groups excluding carboxylic acids is 2. The number of benzene rings is 2. The number of nitro groups is 2. The maximum Gasteiger partial charge on any atom is 0.316 e. The van der Waals surface area contributed by atoms with Gasteiger partial charge in [-0.1, -0.05) is 12.1 Å². The topological polar surface area (TPSA) is 204 Å². The summed E-state index contributed by atoms with van der Waals surface area (Å²) >= 11 is 0. The van der Waals surface area contributed by atoms with Crippen LogP contribution in [0.25, 0.3) is 0 Å². The quantitative estimate of drug-likeness (QED) is 0.174. The minimum atomic E-state index is -1.58. The molecule has 16 heteroatoms. The molecule has 0 amide bonds. The van der Waals surface area contributed by atoms with Gasteiger partial charge in [0.1, 0.15) is 12.2 Å². The van der Waals surface area contributed by atoms with Crippen molar-refractivity contribution in [3.05, 3.63) is 67.8 Å². The zero-order chi connectivity index (χ0) is 32.6. The third-order valence-electron chi connectivity index (χ3n) is 7.65. The van der Waals surface area contributed by atoms with E-state index in [4.69, 9.17) is 18.9 Å². The minimum Gasteiger partial charge on any atom is -0.490 e. The number of methoxy groups -OCH3 is 4. The molecule has 1 aliphatic heterocycles. The summed E-state index contributed by atoms with van der Waals surface area (Å²) in [6, 6.07) is 8.42. The second-order valence-corrected chi connectivity index (χ2v) is 10.1. The van der Waals surface area contributed by atoms with Crippen molar-refractivity contribution < 1.29 is 48.6 Å². The zero-order valence-corrected chi connectivity index (χ0v) is 24.8. The summed E-state index contributed by atoms with van der Waals surface area (Å²) < 4.78 is 20.0. The SMILES string of the molecule is COC(=O)C(CN1CCN(CC(C(=O)OC)C(O)c2cccc(OC)c2[N+](=O)[O-])CC1)C(O)c1cccc(OC)c1[N+](=O)[O-]. The average Bonchev–Trinajstić information content (AvgIpc) is 3.04. The summed E-state index contributed by atoms with van der Waals surface area (Å²) in [6.45, 7) is 1.48. The molecular formula is C28H36N4O12. The number of hydrogen-bond donors (Lipinski definition) is 2. The van der Waals surface area contributed by atoms with Gasteiger partial charge in [-0.2, -0.15) is 0 Å².